The lowest BCUT2D eigenvalue weighted by atomic mass is 9.81. The number of hydrogen-bond acceptors (Lipinski definition) is 4. The third kappa shape index (κ3) is 3.30. The van der Waals surface area contributed by atoms with Gasteiger partial charge in [0.25, 0.3) is 5.69 Å². The van der Waals surface area contributed by atoms with Gasteiger partial charge in [0.15, 0.2) is 0 Å². The van der Waals surface area contributed by atoms with E-state index in [1.54, 1.807) is 12.1 Å². The van der Waals surface area contributed by atoms with Crippen molar-refractivity contribution >= 4 is 17.1 Å². The molecule has 2 atom stereocenters. The highest BCUT2D eigenvalue weighted by molar-refractivity contribution is 5.89. The van der Waals surface area contributed by atoms with Gasteiger partial charge in [-0.2, -0.15) is 5.10 Å². The van der Waals surface area contributed by atoms with Crippen molar-refractivity contribution in [2.75, 3.05) is 5.43 Å². The van der Waals surface area contributed by atoms with E-state index in [9.17, 15) is 10.1 Å². The van der Waals surface area contributed by atoms with E-state index in [0.717, 1.165) is 5.71 Å². The molecule has 0 unspecified atom stereocenters. The van der Waals surface area contributed by atoms with Crippen molar-refractivity contribution in [2.24, 2.45) is 16.9 Å². The first-order chi connectivity index (χ1) is 9.08. The number of nitrogens with zero attached hydrogens (tertiary/aromatic N) is 2. The summed E-state index contributed by atoms with van der Waals surface area (Å²) in [6.07, 6.45) is 3.58. The molecule has 0 saturated heterocycles. The van der Waals surface area contributed by atoms with Crippen molar-refractivity contribution in [1.29, 1.82) is 0 Å². The van der Waals surface area contributed by atoms with Crippen LogP contribution >= 0.6 is 0 Å². The lowest BCUT2D eigenvalue weighted by Crippen LogP contribution is -2.25. The number of nitro groups is 1. The monoisotopic (exact) mass is 261 g/mol. The molecule has 1 saturated carbocycles. The lowest BCUT2D eigenvalue weighted by molar-refractivity contribution is -0.384. The molecule has 5 heteroatoms. The molecule has 0 aromatic heterocycles. The fourth-order valence-electron chi connectivity index (χ4n) is 2.55. The predicted molar refractivity (Wildman–Crippen MR) is 76.3 cm³/mol. The second-order valence-electron chi connectivity index (χ2n) is 5.19. The molecule has 0 bridgehead atoms. The van der Waals surface area contributed by atoms with Gasteiger partial charge in [0.1, 0.15) is 0 Å². The minimum absolute atomic E-state index is 0.0786. The van der Waals surface area contributed by atoms with Crippen LogP contribution in [-0.4, -0.2) is 10.6 Å². The van der Waals surface area contributed by atoms with Crippen LogP contribution in [0.15, 0.2) is 29.4 Å². The van der Waals surface area contributed by atoms with Crippen molar-refractivity contribution in [2.45, 2.75) is 33.1 Å². The molecule has 0 spiro atoms. The van der Waals surface area contributed by atoms with Crippen LogP contribution in [0.3, 0.4) is 0 Å². The van der Waals surface area contributed by atoms with Gasteiger partial charge in [0.05, 0.1) is 10.6 Å². The summed E-state index contributed by atoms with van der Waals surface area (Å²) in [5.74, 6) is 0.963. The second-order valence-corrected chi connectivity index (χ2v) is 5.19. The topological polar surface area (TPSA) is 67.5 Å². The minimum atomic E-state index is -0.399. The van der Waals surface area contributed by atoms with Gasteiger partial charge < -0.3 is 0 Å². The average molecular weight is 261 g/mol. The summed E-state index contributed by atoms with van der Waals surface area (Å²) in [5, 5.41) is 15.2. The van der Waals surface area contributed by atoms with E-state index < -0.39 is 4.92 Å². The Morgan fingerprint density at radius 3 is 2.63 bits per heavy atom. The van der Waals surface area contributed by atoms with E-state index in [1.807, 2.05) is 0 Å². The van der Waals surface area contributed by atoms with Crippen LogP contribution in [0.25, 0.3) is 0 Å². The summed E-state index contributed by atoms with van der Waals surface area (Å²) < 4.78 is 0. The highest BCUT2D eigenvalue weighted by Crippen LogP contribution is 2.26. The Balaban J connectivity index is 2.12. The maximum atomic E-state index is 10.7. The van der Waals surface area contributed by atoms with E-state index in [0.29, 0.717) is 17.5 Å². The zero-order chi connectivity index (χ0) is 13.8. The average Bonchev–Trinajstić information content (AvgIpc) is 2.38. The normalized spacial score (nSPS) is 22.9. The maximum absolute atomic E-state index is 10.7. The SMILES string of the molecule is C[C@@H]1CCC[C@@H](C)C1=NNc1cccc([N+](=O)[O-])c1. The highest BCUT2D eigenvalue weighted by atomic mass is 16.6. The van der Waals surface area contributed by atoms with Gasteiger partial charge in [0, 0.05) is 17.8 Å². The number of non-ortho nitro benzene ring substituents is 1. The van der Waals surface area contributed by atoms with Crippen molar-refractivity contribution in [3.8, 4) is 0 Å². The predicted octanol–water partition coefficient (Wildman–Crippen LogP) is 3.82. The Hall–Kier alpha value is -1.91. The van der Waals surface area contributed by atoms with Gasteiger partial charge in [-0.15, -0.1) is 0 Å². The van der Waals surface area contributed by atoms with Crippen LogP contribution in [0.5, 0.6) is 0 Å². The fraction of sp³-hybridized carbons (Fsp3) is 0.500. The Labute approximate surface area is 112 Å². The molecule has 1 aliphatic carbocycles. The maximum Gasteiger partial charge on any atom is 0.271 e. The Bertz CT molecular complexity index is 487. The molecule has 0 amide bonds. The summed E-state index contributed by atoms with van der Waals surface area (Å²) in [6.45, 7) is 4.37. The van der Waals surface area contributed by atoms with E-state index >= 15 is 0 Å². The zero-order valence-corrected chi connectivity index (χ0v) is 11.3. The van der Waals surface area contributed by atoms with E-state index in [2.05, 4.69) is 24.4 Å². The van der Waals surface area contributed by atoms with Crippen LogP contribution in [0.4, 0.5) is 11.4 Å². The number of benzene rings is 1. The fourth-order valence-corrected chi connectivity index (χ4v) is 2.55. The molecule has 1 aliphatic rings. The standard InChI is InChI=1S/C14H19N3O2/c1-10-5-3-6-11(2)14(10)16-15-12-7-4-8-13(9-12)17(18)19/h4,7-11,15H,3,5-6H2,1-2H3/t10-,11-/m1/s1. The number of anilines is 1. The molecule has 0 heterocycles. The number of hydrogen-bond donors (Lipinski definition) is 1. The number of nitrogens with one attached hydrogen (secondary N) is 1. The van der Waals surface area contributed by atoms with Crippen molar-refractivity contribution < 1.29 is 4.92 Å². The van der Waals surface area contributed by atoms with E-state index in [1.165, 1.54) is 31.4 Å². The van der Waals surface area contributed by atoms with Crippen LogP contribution < -0.4 is 5.43 Å². The summed E-state index contributed by atoms with van der Waals surface area (Å²) in [6, 6.07) is 6.43. The van der Waals surface area contributed by atoms with Crippen molar-refractivity contribution in [3.63, 3.8) is 0 Å². The molecular formula is C14H19N3O2. The lowest BCUT2D eigenvalue weighted by Gasteiger charge is -2.26. The minimum Gasteiger partial charge on any atom is -0.278 e. The zero-order valence-electron chi connectivity index (χ0n) is 11.3. The quantitative estimate of drug-likeness (QED) is 0.664. The molecular weight excluding hydrogens is 242 g/mol. The van der Waals surface area contributed by atoms with Crippen LogP contribution in [0.2, 0.25) is 0 Å². The highest BCUT2D eigenvalue weighted by Gasteiger charge is 2.22. The van der Waals surface area contributed by atoms with E-state index in [-0.39, 0.29) is 5.69 Å². The number of hydrazone groups is 1. The molecule has 1 aromatic rings. The summed E-state index contributed by atoms with van der Waals surface area (Å²) >= 11 is 0. The summed E-state index contributed by atoms with van der Waals surface area (Å²) in [4.78, 5) is 10.3. The molecule has 2 rings (SSSR count). The van der Waals surface area contributed by atoms with Gasteiger partial charge in [-0.1, -0.05) is 26.3 Å². The molecule has 1 aromatic carbocycles. The molecule has 0 aliphatic heterocycles. The van der Waals surface area contributed by atoms with Gasteiger partial charge in [-0.3, -0.25) is 15.5 Å². The third-order valence-electron chi connectivity index (χ3n) is 3.66. The Morgan fingerprint density at radius 1 is 1.32 bits per heavy atom. The van der Waals surface area contributed by atoms with Gasteiger partial charge >= 0.3 is 0 Å². The van der Waals surface area contributed by atoms with Gasteiger partial charge in [0.2, 0.25) is 0 Å². The third-order valence-corrected chi connectivity index (χ3v) is 3.66. The second kappa shape index (κ2) is 5.82. The first-order valence-electron chi connectivity index (χ1n) is 6.66. The van der Waals surface area contributed by atoms with Crippen molar-refractivity contribution in [3.05, 3.63) is 34.4 Å². The summed E-state index contributed by atoms with van der Waals surface area (Å²) in [7, 11) is 0. The molecule has 0 radical (unpaired) electrons. The van der Waals surface area contributed by atoms with Crippen LogP contribution in [-0.2, 0) is 0 Å². The van der Waals surface area contributed by atoms with Gasteiger partial charge in [-0.25, -0.2) is 0 Å². The first kappa shape index (κ1) is 13.5. The Kier molecular flexibility index (Phi) is 4.14. The number of nitro benzene ring substituents is 1. The van der Waals surface area contributed by atoms with Crippen molar-refractivity contribution in [1.82, 2.24) is 0 Å². The Morgan fingerprint density at radius 2 is 2.00 bits per heavy atom. The molecule has 102 valence electrons. The van der Waals surface area contributed by atoms with Crippen LogP contribution in [0.1, 0.15) is 33.1 Å². The largest absolute Gasteiger partial charge is 0.278 e. The number of rotatable bonds is 3. The first-order valence-corrected chi connectivity index (χ1v) is 6.66. The van der Waals surface area contributed by atoms with Gasteiger partial charge in [-0.05, 0) is 30.7 Å². The smallest absolute Gasteiger partial charge is 0.271 e. The molecule has 19 heavy (non-hydrogen) atoms. The molecule has 5 nitrogen and oxygen atoms in total. The molecule has 1 fully saturated rings. The van der Waals surface area contributed by atoms with Crippen LogP contribution in [0, 0.1) is 22.0 Å². The van der Waals surface area contributed by atoms with E-state index in [4.69, 9.17) is 0 Å². The molecule has 1 N–H and O–H groups in total. The summed E-state index contributed by atoms with van der Waals surface area (Å²) in [5.41, 5.74) is 4.86.